The standard InChI is InChI=1S/C22H25ClN4O3/c23-18-5-3-4-16(12-18)21(29)27-10-8-25(9-11-27)15-20(28)17-13-19(24-14-17)22(30)26-6-1-2-7-26/h3-5,12-14,24H,1-2,6-11,15H2. The van der Waals surface area contributed by atoms with E-state index < -0.39 is 0 Å². The van der Waals surface area contributed by atoms with Crippen LogP contribution in [0, 0.1) is 0 Å². The number of rotatable bonds is 5. The third-order valence-electron chi connectivity index (χ3n) is 5.73. The second-order valence-corrected chi connectivity index (χ2v) is 8.24. The van der Waals surface area contributed by atoms with Crippen molar-refractivity contribution < 1.29 is 14.4 Å². The van der Waals surface area contributed by atoms with Gasteiger partial charge in [0.05, 0.1) is 6.54 Å². The Kier molecular flexibility index (Phi) is 6.20. The number of hydrogen-bond acceptors (Lipinski definition) is 4. The van der Waals surface area contributed by atoms with Crippen LogP contribution in [0.3, 0.4) is 0 Å². The van der Waals surface area contributed by atoms with E-state index in [4.69, 9.17) is 11.6 Å². The monoisotopic (exact) mass is 428 g/mol. The Labute approximate surface area is 180 Å². The number of likely N-dealkylation sites (tertiary alicyclic amines) is 1. The van der Waals surface area contributed by atoms with Crippen molar-refractivity contribution >= 4 is 29.2 Å². The minimum atomic E-state index is -0.0424. The van der Waals surface area contributed by atoms with Crippen molar-refractivity contribution in [1.29, 1.82) is 0 Å². The summed E-state index contributed by atoms with van der Waals surface area (Å²) in [6, 6.07) is 8.60. The molecule has 1 aromatic heterocycles. The molecular weight excluding hydrogens is 404 g/mol. The molecule has 0 spiro atoms. The third-order valence-corrected chi connectivity index (χ3v) is 5.96. The largest absolute Gasteiger partial charge is 0.356 e. The Bertz CT molecular complexity index is 943. The number of aromatic nitrogens is 1. The number of amides is 2. The van der Waals surface area contributed by atoms with Crippen molar-refractivity contribution in [3.63, 3.8) is 0 Å². The zero-order chi connectivity index (χ0) is 21.1. The fourth-order valence-electron chi connectivity index (χ4n) is 3.98. The third kappa shape index (κ3) is 4.57. The van der Waals surface area contributed by atoms with E-state index in [1.54, 1.807) is 41.4 Å². The zero-order valence-corrected chi connectivity index (χ0v) is 17.5. The molecular formula is C22H25ClN4O3. The van der Waals surface area contributed by atoms with Crippen LogP contribution in [-0.4, -0.2) is 83.1 Å². The topological polar surface area (TPSA) is 76.7 Å². The molecule has 7 nitrogen and oxygen atoms in total. The van der Waals surface area contributed by atoms with Crippen LogP contribution in [0.15, 0.2) is 36.5 Å². The number of carbonyl (C=O) groups excluding carboxylic acids is 3. The summed E-state index contributed by atoms with van der Waals surface area (Å²) in [6.45, 7) is 4.20. The summed E-state index contributed by atoms with van der Waals surface area (Å²) in [5, 5.41) is 0.541. The van der Waals surface area contributed by atoms with Crippen LogP contribution < -0.4 is 0 Å². The molecule has 2 fully saturated rings. The van der Waals surface area contributed by atoms with Crippen molar-refractivity contribution in [2.45, 2.75) is 12.8 Å². The maximum atomic E-state index is 12.7. The molecule has 0 saturated carbocycles. The first-order valence-electron chi connectivity index (χ1n) is 10.3. The molecule has 0 bridgehead atoms. The van der Waals surface area contributed by atoms with Gasteiger partial charge in [-0.15, -0.1) is 0 Å². The molecule has 0 unspecified atom stereocenters. The van der Waals surface area contributed by atoms with Crippen molar-refractivity contribution in [1.82, 2.24) is 19.7 Å². The lowest BCUT2D eigenvalue weighted by Crippen LogP contribution is -2.49. The molecule has 158 valence electrons. The van der Waals surface area contributed by atoms with Crippen LogP contribution >= 0.6 is 11.6 Å². The molecule has 0 atom stereocenters. The van der Waals surface area contributed by atoms with Crippen LogP contribution in [0.2, 0.25) is 5.02 Å². The molecule has 1 N–H and O–H groups in total. The van der Waals surface area contributed by atoms with Gasteiger partial charge in [-0.05, 0) is 37.1 Å². The average molecular weight is 429 g/mol. The summed E-state index contributed by atoms with van der Waals surface area (Å²) in [4.78, 5) is 46.3. The van der Waals surface area contributed by atoms with Crippen molar-refractivity contribution in [3.05, 3.63) is 58.4 Å². The minimum absolute atomic E-state index is 0.0265. The lowest BCUT2D eigenvalue weighted by molar-refractivity contribution is 0.0624. The molecule has 0 radical (unpaired) electrons. The highest BCUT2D eigenvalue weighted by Crippen LogP contribution is 2.16. The van der Waals surface area contributed by atoms with Crippen LogP contribution in [0.4, 0.5) is 0 Å². The lowest BCUT2D eigenvalue weighted by atomic mass is 10.1. The molecule has 1 aromatic carbocycles. The number of carbonyl (C=O) groups is 3. The summed E-state index contributed by atoms with van der Waals surface area (Å²) < 4.78 is 0. The number of hydrogen-bond donors (Lipinski definition) is 1. The van der Waals surface area contributed by atoms with Gasteiger partial charge in [-0.1, -0.05) is 17.7 Å². The number of nitrogens with zero attached hydrogens (tertiary/aromatic N) is 3. The molecule has 30 heavy (non-hydrogen) atoms. The first-order chi connectivity index (χ1) is 14.5. The van der Waals surface area contributed by atoms with Gasteiger partial charge in [0.2, 0.25) is 0 Å². The van der Waals surface area contributed by atoms with Gasteiger partial charge in [0, 0.05) is 61.6 Å². The molecule has 2 aliphatic rings. The van der Waals surface area contributed by atoms with Gasteiger partial charge in [-0.2, -0.15) is 0 Å². The number of aromatic amines is 1. The first-order valence-corrected chi connectivity index (χ1v) is 10.7. The van der Waals surface area contributed by atoms with E-state index in [2.05, 4.69) is 4.98 Å². The van der Waals surface area contributed by atoms with Gasteiger partial charge in [-0.3, -0.25) is 19.3 Å². The number of Topliss-reactive ketones (excluding diaryl/α,β-unsaturated/α-hetero) is 1. The highest BCUT2D eigenvalue weighted by atomic mass is 35.5. The Morgan fingerprint density at radius 3 is 2.27 bits per heavy atom. The summed E-state index contributed by atoms with van der Waals surface area (Å²) in [5.41, 5.74) is 1.57. The van der Waals surface area contributed by atoms with E-state index in [1.165, 1.54) is 0 Å². The van der Waals surface area contributed by atoms with E-state index in [-0.39, 0.29) is 24.1 Å². The molecule has 4 rings (SSSR count). The number of nitrogens with one attached hydrogen (secondary N) is 1. The van der Waals surface area contributed by atoms with Crippen LogP contribution in [-0.2, 0) is 0 Å². The van der Waals surface area contributed by atoms with Gasteiger partial charge in [0.1, 0.15) is 5.69 Å². The van der Waals surface area contributed by atoms with Crippen molar-refractivity contribution in [3.8, 4) is 0 Å². The van der Waals surface area contributed by atoms with Crippen molar-refractivity contribution in [2.75, 3.05) is 45.8 Å². The second kappa shape index (κ2) is 9.02. The lowest BCUT2D eigenvalue weighted by Gasteiger charge is -2.34. The number of ketones is 1. The quantitative estimate of drug-likeness (QED) is 0.742. The summed E-state index contributed by atoms with van der Waals surface area (Å²) in [6.07, 6.45) is 3.68. The number of benzene rings is 1. The number of halogens is 1. The van der Waals surface area contributed by atoms with Crippen molar-refractivity contribution in [2.24, 2.45) is 0 Å². The maximum Gasteiger partial charge on any atom is 0.270 e. The van der Waals surface area contributed by atoms with Crippen LogP contribution in [0.5, 0.6) is 0 Å². The highest BCUT2D eigenvalue weighted by molar-refractivity contribution is 6.30. The summed E-state index contributed by atoms with van der Waals surface area (Å²) in [7, 11) is 0. The summed E-state index contributed by atoms with van der Waals surface area (Å²) in [5.74, 6) is -0.111. The SMILES string of the molecule is O=C(CN1CCN(C(=O)c2cccc(Cl)c2)CC1)c1c[nH]c(C(=O)N2CCCC2)c1. The molecule has 3 heterocycles. The molecule has 2 amide bonds. The van der Waals surface area contributed by atoms with Gasteiger partial charge in [0.25, 0.3) is 11.8 Å². The summed E-state index contributed by atoms with van der Waals surface area (Å²) >= 11 is 5.98. The van der Waals surface area contributed by atoms with Crippen LogP contribution in [0.1, 0.15) is 44.0 Å². The fraction of sp³-hybridized carbons (Fsp3) is 0.409. The molecule has 8 heteroatoms. The fourth-order valence-corrected chi connectivity index (χ4v) is 4.17. The van der Waals surface area contributed by atoms with E-state index in [1.807, 2.05) is 9.80 Å². The van der Waals surface area contributed by atoms with Gasteiger partial charge < -0.3 is 14.8 Å². The predicted octanol–water partition coefficient (Wildman–Crippen LogP) is 2.54. The zero-order valence-electron chi connectivity index (χ0n) is 16.8. The van der Waals surface area contributed by atoms with Gasteiger partial charge in [-0.25, -0.2) is 0 Å². The molecule has 0 aliphatic carbocycles. The van der Waals surface area contributed by atoms with E-state index in [0.29, 0.717) is 48.0 Å². The number of H-pyrrole nitrogens is 1. The van der Waals surface area contributed by atoms with Crippen LogP contribution in [0.25, 0.3) is 0 Å². The Hall–Kier alpha value is -2.64. The van der Waals surface area contributed by atoms with E-state index in [0.717, 1.165) is 25.9 Å². The molecule has 2 aliphatic heterocycles. The van der Waals surface area contributed by atoms with Gasteiger partial charge >= 0.3 is 0 Å². The Balaban J connectivity index is 1.29. The second-order valence-electron chi connectivity index (χ2n) is 7.80. The average Bonchev–Trinajstić information content (AvgIpc) is 3.46. The Morgan fingerprint density at radius 2 is 1.57 bits per heavy atom. The van der Waals surface area contributed by atoms with E-state index >= 15 is 0 Å². The van der Waals surface area contributed by atoms with Gasteiger partial charge in [0.15, 0.2) is 5.78 Å². The maximum absolute atomic E-state index is 12.7. The Morgan fingerprint density at radius 1 is 0.867 bits per heavy atom. The first kappa shape index (κ1) is 20.6. The van der Waals surface area contributed by atoms with E-state index in [9.17, 15) is 14.4 Å². The molecule has 2 aromatic rings. The molecule has 2 saturated heterocycles. The minimum Gasteiger partial charge on any atom is -0.356 e. The predicted molar refractivity (Wildman–Crippen MR) is 114 cm³/mol. The highest BCUT2D eigenvalue weighted by Gasteiger charge is 2.25. The normalized spacial score (nSPS) is 17.4. The number of piperazine rings is 1. The smallest absolute Gasteiger partial charge is 0.270 e.